The number of hydrogen-bond donors (Lipinski definition) is 1. The Labute approximate surface area is 92.6 Å². The standard InChI is InChI=1S/C11H21NO2S/c1-8(2)9-5-11(6-9)12-10-3-4-15(13,14)7-10/h8-12H,3-7H2,1-2H3. The molecule has 15 heavy (non-hydrogen) atoms. The highest BCUT2D eigenvalue weighted by Crippen LogP contribution is 2.34. The van der Waals surface area contributed by atoms with Gasteiger partial charge in [-0.2, -0.15) is 0 Å². The summed E-state index contributed by atoms with van der Waals surface area (Å²) in [6.07, 6.45) is 3.27. The fraction of sp³-hybridized carbons (Fsp3) is 1.00. The molecule has 1 heterocycles. The van der Waals surface area contributed by atoms with E-state index in [1.54, 1.807) is 0 Å². The number of sulfone groups is 1. The van der Waals surface area contributed by atoms with Crippen molar-refractivity contribution >= 4 is 9.84 Å². The zero-order valence-corrected chi connectivity index (χ0v) is 10.4. The van der Waals surface area contributed by atoms with E-state index in [1.807, 2.05) is 0 Å². The molecule has 2 fully saturated rings. The summed E-state index contributed by atoms with van der Waals surface area (Å²) in [4.78, 5) is 0. The van der Waals surface area contributed by atoms with Crippen LogP contribution in [0.25, 0.3) is 0 Å². The lowest BCUT2D eigenvalue weighted by Crippen LogP contribution is -2.47. The summed E-state index contributed by atoms with van der Waals surface area (Å²) in [5.74, 6) is 2.36. The predicted molar refractivity (Wildman–Crippen MR) is 61.5 cm³/mol. The predicted octanol–water partition coefficient (Wildman–Crippen LogP) is 1.20. The lowest BCUT2D eigenvalue weighted by molar-refractivity contribution is 0.160. The molecule has 2 aliphatic rings. The molecule has 3 nitrogen and oxygen atoms in total. The Hall–Kier alpha value is -0.0900. The third kappa shape index (κ3) is 2.72. The Morgan fingerprint density at radius 1 is 1.20 bits per heavy atom. The van der Waals surface area contributed by atoms with Crippen molar-refractivity contribution in [3.8, 4) is 0 Å². The third-order valence-corrected chi connectivity index (χ3v) is 5.59. The summed E-state index contributed by atoms with van der Waals surface area (Å²) in [7, 11) is -2.72. The van der Waals surface area contributed by atoms with E-state index < -0.39 is 9.84 Å². The topological polar surface area (TPSA) is 46.2 Å². The van der Waals surface area contributed by atoms with Crippen LogP contribution in [-0.2, 0) is 9.84 Å². The molecule has 1 saturated carbocycles. The molecule has 1 aliphatic carbocycles. The van der Waals surface area contributed by atoms with Crippen LogP contribution in [0.15, 0.2) is 0 Å². The average molecular weight is 231 g/mol. The summed E-state index contributed by atoms with van der Waals surface area (Å²) in [5.41, 5.74) is 0. The highest BCUT2D eigenvalue weighted by Gasteiger charge is 2.35. The van der Waals surface area contributed by atoms with Gasteiger partial charge in [0.05, 0.1) is 11.5 Å². The van der Waals surface area contributed by atoms with Crippen molar-refractivity contribution in [2.75, 3.05) is 11.5 Å². The van der Waals surface area contributed by atoms with Gasteiger partial charge in [-0.25, -0.2) is 8.42 Å². The minimum absolute atomic E-state index is 0.230. The minimum atomic E-state index is -2.72. The molecule has 0 aromatic rings. The number of nitrogens with one attached hydrogen (secondary N) is 1. The zero-order valence-electron chi connectivity index (χ0n) is 9.57. The zero-order chi connectivity index (χ0) is 11.1. The molecular formula is C11H21NO2S. The molecule has 0 radical (unpaired) electrons. The molecule has 4 heteroatoms. The highest BCUT2D eigenvalue weighted by molar-refractivity contribution is 7.91. The first-order valence-electron chi connectivity index (χ1n) is 5.93. The van der Waals surface area contributed by atoms with Gasteiger partial charge >= 0.3 is 0 Å². The quantitative estimate of drug-likeness (QED) is 0.794. The van der Waals surface area contributed by atoms with Crippen LogP contribution in [0.4, 0.5) is 0 Å². The first-order valence-corrected chi connectivity index (χ1v) is 7.75. The third-order valence-electron chi connectivity index (χ3n) is 3.82. The number of rotatable bonds is 3. The van der Waals surface area contributed by atoms with Crippen LogP contribution >= 0.6 is 0 Å². The Morgan fingerprint density at radius 3 is 2.33 bits per heavy atom. The lowest BCUT2D eigenvalue weighted by Gasteiger charge is -2.40. The van der Waals surface area contributed by atoms with Crippen molar-refractivity contribution in [2.24, 2.45) is 11.8 Å². The van der Waals surface area contributed by atoms with E-state index in [1.165, 1.54) is 12.8 Å². The van der Waals surface area contributed by atoms with Gasteiger partial charge in [0, 0.05) is 12.1 Å². The van der Waals surface area contributed by atoms with Crippen molar-refractivity contribution in [1.82, 2.24) is 5.32 Å². The van der Waals surface area contributed by atoms with E-state index in [-0.39, 0.29) is 6.04 Å². The fourth-order valence-electron chi connectivity index (χ4n) is 2.60. The SMILES string of the molecule is CC(C)C1CC(NC2CCS(=O)(=O)C2)C1. The van der Waals surface area contributed by atoms with Crippen molar-refractivity contribution in [3.05, 3.63) is 0 Å². The van der Waals surface area contributed by atoms with Crippen molar-refractivity contribution in [2.45, 2.75) is 45.2 Å². The molecule has 2 rings (SSSR count). The first kappa shape index (κ1) is 11.4. The lowest BCUT2D eigenvalue weighted by atomic mass is 9.73. The smallest absolute Gasteiger partial charge is 0.151 e. The summed E-state index contributed by atoms with van der Waals surface area (Å²) >= 11 is 0. The second-order valence-electron chi connectivity index (χ2n) is 5.44. The van der Waals surface area contributed by atoms with E-state index in [4.69, 9.17) is 0 Å². The molecular weight excluding hydrogens is 210 g/mol. The first-order chi connectivity index (χ1) is 6.96. The van der Waals surface area contributed by atoms with Gasteiger partial charge in [0.1, 0.15) is 0 Å². The maximum Gasteiger partial charge on any atom is 0.151 e. The Kier molecular flexibility index (Phi) is 3.08. The monoisotopic (exact) mass is 231 g/mol. The Bertz CT molecular complexity index is 317. The van der Waals surface area contributed by atoms with Gasteiger partial charge in [-0.3, -0.25) is 0 Å². The largest absolute Gasteiger partial charge is 0.310 e. The molecule has 1 aliphatic heterocycles. The van der Waals surface area contributed by atoms with E-state index in [2.05, 4.69) is 19.2 Å². The molecule has 0 aromatic carbocycles. The van der Waals surface area contributed by atoms with E-state index in [0.29, 0.717) is 17.5 Å². The summed E-state index contributed by atoms with van der Waals surface area (Å²) in [5, 5.41) is 3.48. The maximum atomic E-state index is 11.3. The highest BCUT2D eigenvalue weighted by atomic mass is 32.2. The Balaban J connectivity index is 1.73. The Morgan fingerprint density at radius 2 is 1.87 bits per heavy atom. The van der Waals surface area contributed by atoms with Crippen LogP contribution in [0.5, 0.6) is 0 Å². The summed E-state index contributed by atoms with van der Waals surface area (Å²) < 4.78 is 22.5. The second-order valence-corrected chi connectivity index (χ2v) is 7.67. The summed E-state index contributed by atoms with van der Waals surface area (Å²) in [6.45, 7) is 4.53. The molecule has 1 atom stereocenters. The van der Waals surface area contributed by atoms with Gasteiger partial charge in [0.15, 0.2) is 9.84 Å². The van der Waals surface area contributed by atoms with Crippen LogP contribution in [0.1, 0.15) is 33.1 Å². The molecule has 0 aromatic heterocycles. The van der Waals surface area contributed by atoms with Crippen LogP contribution in [0, 0.1) is 11.8 Å². The second kappa shape index (κ2) is 4.06. The van der Waals surface area contributed by atoms with Crippen molar-refractivity contribution in [1.29, 1.82) is 0 Å². The van der Waals surface area contributed by atoms with Crippen molar-refractivity contribution < 1.29 is 8.42 Å². The van der Waals surface area contributed by atoms with Crippen molar-refractivity contribution in [3.63, 3.8) is 0 Å². The van der Waals surface area contributed by atoms with Crippen LogP contribution in [-0.4, -0.2) is 32.0 Å². The van der Waals surface area contributed by atoms with Crippen LogP contribution in [0.2, 0.25) is 0 Å². The van der Waals surface area contributed by atoms with Gasteiger partial charge in [-0.05, 0) is 31.1 Å². The van der Waals surface area contributed by atoms with Gasteiger partial charge < -0.3 is 5.32 Å². The number of hydrogen-bond acceptors (Lipinski definition) is 3. The van der Waals surface area contributed by atoms with Crippen LogP contribution < -0.4 is 5.32 Å². The molecule has 1 N–H and O–H groups in total. The molecule has 1 saturated heterocycles. The normalized spacial score (nSPS) is 39.3. The minimum Gasteiger partial charge on any atom is -0.310 e. The van der Waals surface area contributed by atoms with E-state index >= 15 is 0 Å². The van der Waals surface area contributed by atoms with E-state index in [0.717, 1.165) is 18.3 Å². The molecule has 88 valence electrons. The van der Waals surface area contributed by atoms with Gasteiger partial charge in [0.25, 0.3) is 0 Å². The molecule has 1 unspecified atom stereocenters. The average Bonchev–Trinajstić information content (AvgIpc) is 2.36. The van der Waals surface area contributed by atoms with E-state index in [9.17, 15) is 8.42 Å². The molecule has 0 spiro atoms. The molecule has 0 bridgehead atoms. The maximum absolute atomic E-state index is 11.3. The summed E-state index contributed by atoms with van der Waals surface area (Å²) in [6, 6.07) is 0.809. The van der Waals surface area contributed by atoms with Gasteiger partial charge in [-0.1, -0.05) is 13.8 Å². The van der Waals surface area contributed by atoms with Gasteiger partial charge in [-0.15, -0.1) is 0 Å². The fourth-order valence-corrected chi connectivity index (χ4v) is 4.29. The van der Waals surface area contributed by atoms with Gasteiger partial charge in [0.2, 0.25) is 0 Å². The van der Waals surface area contributed by atoms with Crippen LogP contribution in [0.3, 0.4) is 0 Å². The molecule has 0 amide bonds.